The largest absolute Gasteiger partial charge is 0.457 e. The van der Waals surface area contributed by atoms with Gasteiger partial charge in [-0.3, -0.25) is 4.79 Å². The third-order valence-corrected chi connectivity index (χ3v) is 10.7. The van der Waals surface area contributed by atoms with Gasteiger partial charge in [0.05, 0.1) is 26.4 Å². The molecule has 0 aromatic heterocycles. The van der Waals surface area contributed by atoms with Gasteiger partial charge < -0.3 is 64.2 Å². The second-order valence-electron chi connectivity index (χ2n) is 15.9. The molecular formula is C44H80O14. The van der Waals surface area contributed by atoms with Crippen LogP contribution in [-0.4, -0.2) is 142 Å². The van der Waals surface area contributed by atoms with Gasteiger partial charge in [-0.05, 0) is 44.9 Å². The Hall–Kier alpha value is -1.53. The summed E-state index contributed by atoms with van der Waals surface area (Å²) in [7, 11) is 0. The number of carbonyl (C=O) groups excluding carboxylic acids is 1. The SMILES string of the molecule is CCCCC/C=C\C/C=C\CCCCCCCCCCCCOCC(COC1OC(COC2OC(CO)C(O)C(O)C2O)C(O)C(O)C1O)OC(=O)CCCCCC. The first kappa shape index (κ1) is 52.6. The summed E-state index contributed by atoms with van der Waals surface area (Å²) in [5.74, 6) is -0.395. The molecule has 2 heterocycles. The second kappa shape index (κ2) is 33.1. The van der Waals surface area contributed by atoms with Gasteiger partial charge in [0.25, 0.3) is 0 Å². The van der Waals surface area contributed by atoms with Crippen molar-refractivity contribution in [3.05, 3.63) is 24.3 Å². The fourth-order valence-corrected chi connectivity index (χ4v) is 6.96. The van der Waals surface area contributed by atoms with E-state index < -0.39 is 86.7 Å². The van der Waals surface area contributed by atoms with Gasteiger partial charge in [0.15, 0.2) is 12.6 Å². The summed E-state index contributed by atoms with van der Waals surface area (Å²) >= 11 is 0. The van der Waals surface area contributed by atoms with Crippen molar-refractivity contribution in [1.29, 1.82) is 0 Å². The Kier molecular flexibility index (Phi) is 30.1. The molecule has 11 unspecified atom stereocenters. The van der Waals surface area contributed by atoms with Crippen LogP contribution in [0.4, 0.5) is 0 Å². The summed E-state index contributed by atoms with van der Waals surface area (Å²) in [6, 6.07) is 0. The van der Waals surface area contributed by atoms with Crippen molar-refractivity contribution in [2.75, 3.05) is 33.0 Å². The molecule has 2 aliphatic heterocycles. The molecule has 14 nitrogen and oxygen atoms in total. The summed E-state index contributed by atoms with van der Waals surface area (Å²) in [6.45, 7) is 3.51. The molecule has 0 amide bonds. The van der Waals surface area contributed by atoms with E-state index in [1.54, 1.807) is 0 Å². The highest BCUT2D eigenvalue weighted by Crippen LogP contribution is 2.26. The van der Waals surface area contributed by atoms with Crippen LogP contribution < -0.4 is 0 Å². The number of hydrogen-bond acceptors (Lipinski definition) is 14. The van der Waals surface area contributed by atoms with E-state index in [4.69, 9.17) is 28.4 Å². The number of unbranched alkanes of at least 4 members (excludes halogenated alkanes) is 16. The van der Waals surface area contributed by atoms with Crippen molar-refractivity contribution in [2.24, 2.45) is 0 Å². The first-order valence-electron chi connectivity index (χ1n) is 22.4. The van der Waals surface area contributed by atoms with Crippen LogP contribution in [0.25, 0.3) is 0 Å². The number of ether oxygens (including phenoxy) is 6. The smallest absolute Gasteiger partial charge is 0.306 e. The van der Waals surface area contributed by atoms with Gasteiger partial charge in [0.2, 0.25) is 0 Å². The van der Waals surface area contributed by atoms with Crippen molar-refractivity contribution in [1.82, 2.24) is 0 Å². The monoisotopic (exact) mass is 833 g/mol. The lowest BCUT2D eigenvalue weighted by molar-refractivity contribution is -0.332. The highest BCUT2D eigenvalue weighted by Gasteiger charge is 2.47. The molecule has 14 heteroatoms. The minimum Gasteiger partial charge on any atom is -0.457 e. The highest BCUT2D eigenvalue weighted by atomic mass is 16.7. The van der Waals surface area contributed by atoms with Crippen molar-refractivity contribution < 1.29 is 69.0 Å². The molecule has 0 spiro atoms. The number of hydrogen-bond donors (Lipinski definition) is 7. The molecule has 0 aromatic rings. The number of rotatable bonds is 34. The van der Waals surface area contributed by atoms with Crippen molar-refractivity contribution >= 4 is 5.97 Å². The maximum atomic E-state index is 12.7. The molecule has 0 aliphatic carbocycles. The molecular weight excluding hydrogens is 752 g/mol. The quantitative estimate of drug-likeness (QED) is 0.0261. The molecule has 2 saturated heterocycles. The van der Waals surface area contributed by atoms with Crippen molar-refractivity contribution in [2.45, 2.75) is 216 Å². The topological polar surface area (TPSA) is 214 Å². The summed E-state index contributed by atoms with van der Waals surface area (Å²) in [4.78, 5) is 12.7. The Labute approximate surface area is 347 Å². The molecule has 0 saturated carbocycles. The molecule has 58 heavy (non-hydrogen) atoms. The maximum absolute atomic E-state index is 12.7. The van der Waals surface area contributed by atoms with Gasteiger partial charge in [-0.15, -0.1) is 0 Å². The van der Waals surface area contributed by atoms with Crippen molar-refractivity contribution in [3.8, 4) is 0 Å². The van der Waals surface area contributed by atoms with E-state index in [2.05, 4.69) is 38.2 Å². The summed E-state index contributed by atoms with van der Waals surface area (Å²) in [5, 5.41) is 71.6. The van der Waals surface area contributed by atoms with E-state index in [-0.39, 0.29) is 19.6 Å². The third-order valence-electron chi connectivity index (χ3n) is 10.7. The van der Waals surface area contributed by atoms with E-state index >= 15 is 0 Å². The number of aliphatic hydroxyl groups is 7. The Morgan fingerprint density at radius 1 is 0.569 bits per heavy atom. The van der Waals surface area contributed by atoms with Crippen LogP contribution in [0.3, 0.4) is 0 Å². The highest BCUT2D eigenvalue weighted by molar-refractivity contribution is 5.69. The van der Waals surface area contributed by atoms with E-state index in [1.807, 2.05) is 0 Å². The minimum atomic E-state index is -1.70. The zero-order chi connectivity index (χ0) is 42.4. The van der Waals surface area contributed by atoms with E-state index in [9.17, 15) is 40.5 Å². The number of esters is 1. The van der Waals surface area contributed by atoms with E-state index in [1.165, 1.54) is 77.0 Å². The molecule has 2 fully saturated rings. The first-order valence-corrected chi connectivity index (χ1v) is 22.4. The first-order chi connectivity index (χ1) is 28.1. The molecule has 2 aliphatic rings. The molecule has 11 atom stereocenters. The number of allylic oxidation sites excluding steroid dienone is 4. The molecule has 340 valence electrons. The molecule has 0 radical (unpaired) electrons. The van der Waals surface area contributed by atoms with Crippen LogP contribution >= 0.6 is 0 Å². The third kappa shape index (κ3) is 21.8. The van der Waals surface area contributed by atoms with Crippen LogP contribution in [-0.2, 0) is 33.2 Å². The van der Waals surface area contributed by atoms with Gasteiger partial charge in [-0.2, -0.15) is 0 Å². The van der Waals surface area contributed by atoms with Crippen LogP contribution in [0.15, 0.2) is 24.3 Å². The molecule has 0 bridgehead atoms. The standard InChI is InChI=1S/C44H80O14/c1-3-5-7-9-10-11-12-13-14-15-16-17-18-19-20-21-22-23-24-26-28-53-30-33(56-36(46)27-25-8-6-4-2)31-54-43-42(52)40(50)38(48)35(58-43)32-55-44-41(51)39(49)37(47)34(29-45)57-44/h10-11,13-14,33-35,37-45,47-52H,3-9,12,15-32H2,1-2H3/b11-10-,14-13-. The van der Waals surface area contributed by atoms with E-state index in [0.29, 0.717) is 13.0 Å². The van der Waals surface area contributed by atoms with Crippen molar-refractivity contribution in [3.63, 3.8) is 0 Å². The Bertz CT molecular complexity index is 1060. The molecule has 7 N–H and O–H groups in total. The Balaban J connectivity index is 1.69. The minimum absolute atomic E-state index is 0.0598. The lowest BCUT2D eigenvalue weighted by atomic mass is 9.98. The zero-order valence-electron chi connectivity index (χ0n) is 35.5. The predicted octanol–water partition coefficient (Wildman–Crippen LogP) is 4.90. The summed E-state index contributed by atoms with van der Waals surface area (Å²) in [5.41, 5.74) is 0. The fourth-order valence-electron chi connectivity index (χ4n) is 6.96. The maximum Gasteiger partial charge on any atom is 0.306 e. The summed E-state index contributed by atoms with van der Waals surface area (Å²) < 4.78 is 33.9. The van der Waals surface area contributed by atoms with Gasteiger partial charge in [-0.1, -0.05) is 122 Å². The fraction of sp³-hybridized carbons (Fsp3) is 0.886. The summed E-state index contributed by atoms with van der Waals surface area (Å²) in [6.07, 6.45) is 16.1. The normalized spacial score (nSPS) is 28.4. The molecule has 2 rings (SSSR count). The van der Waals surface area contributed by atoms with E-state index in [0.717, 1.165) is 44.9 Å². The second-order valence-corrected chi connectivity index (χ2v) is 15.9. The van der Waals surface area contributed by atoms with Crippen LogP contribution in [0.1, 0.15) is 149 Å². The van der Waals surface area contributed by atoms with Crippen LogP contribution in [0.2, 0.25) is 0 Å². The Morgan fingerprint density at radius 3 is 1.67 bits per heavy atom. The van der Waals surface area contributed by atoms with Gasteiger partial charge >= 0.3 is 5.97 Å². The lowest BCUT2D eigenvalue weighted by Crippen LogP contribution is -2.61. The molecule has 0 aromatic carbocycles. The van der Waals surface area contributed by atoms with Crippen LogP contribution in [0.5, 0.6) is 0 Å². The predicted molar refractivity (Wildman–Crippen MR) is 220 cm³/mol. The number of carbonyl (C=O) groups is 1. The average molecular weight is 833 g/mol. The van der Waals surface area contributed by atoms with Gasteiger partial charge in [0, 0.05) is 13.0 Å². The average Bonchev–Trinajstić information content (AvgIpc) is 3.22. The lowest BCUT2D eigenvalue weighted by Gasteiger charge is -2.42. The number of aliphatic hydroxyl groups excluding tert-OH is 7. The van der Waals surface area contributed by atoms with Crippen LogP contribution in [0, 0.1) is 0 Å². The Morgan fingerprint density at radius 2 is 1.07 bits per heavy atom. The zero-order valence-corrected chi connectivity index (χ0v) is 35.5. The van der Waals surface area contributed by atoms with Gasteiger partial charge in [-0.25, -0.2) is 0 Å². The van der Waals surface area contributed by atoms with Gasteiger partial charge in [0.1, 0.15) is 54.9 Å².